The fourth-order valence-corrected chi connectivity index (χ4v) is 6.22. The van der Waals surface area contributed by atoms with Crippen LogP contribution in [0.3, 0.4) is 0 Å². The van der Waals surface area contributed by atoms with Crippen LogP contribution in [-0.4, -0.2) is 67.0 Å². The van der Waals surface area contributed by atoms with E-state index < -0.39 is 0 Å². The lowest BCUT2D eigenvalue weighted by atomic mass is 9.89. The first-order chi connectivity index (χ1) is 12.2. The third kappa shape index (κ3) is 4.66. The predicted molar refractivity (Wildman–Crippen MR) is 107 cm³/mol. The molecule has 0 unspecified atom stereocenters. The van der Waals surface area contributed by atoms with E-state index in [-0.39, 0.29) is 11.7 Å². The van der Waals surface area contributed by atoms with Gasteiger partial charge in [0.05, 0.1) is 14.2 Å². The van der Waals surface area contributed by atoms with Gasteiger partial charge in [0.1, 0.15) is 0 Å². The number of nitrogens with zero attached hydrogens (tertiary/aromatic N) is 1. The summed E-state index contributed by atoms with van der Waals surface area (Å²) in [6, 6.07) is 6.11. The summed E-state index contributed by atoms with van der Waals surface area (Å²) in [4.78, 5) is 15.6. The number of carbonyl (C=O) groups excluding carboxylic acids is 1. The van der Waals surface area contributed by atoms with Crippen LogP contribution >= 0.6 is 23.5 Å². The molecule has 0 aliphatic carbocycles. The summed E-state index contributed by atoms with van der Waals surface area (Å²) in [6.07, 6.45) is 2.09. The van der Waals surface area contributed by atoms with E-state index >= 15 is 0 Å². The van der Waals surface area contributed by atoms with Crippen LogP contribution in [0.1, 0.15) is 23.2 Å². The Bertz CT molecular complexity index is 588. The average molecular weight is 382 g/mol. The number of ketones is 1. The van der Waals surface area contributed by atoms with Gasteiger partial charge in [-0.2, -0.15) is 23.5 Å². The van der Waals surface area contributed by atoms with Gasteiger partial charge in [0.2, 0.25) is 0 Å². The molecule has 0 saturated carbocycles. The molecule has 3 rings (SSSR count). The molecule has 2 heterocycles. The summed E-state index contributed by atoms with van der Waals surface area (Å²) in [6.45, 7) is 2.01. The molecule has 6 heteroatoms. The smallest absolute Gasteiger partial charge is 0.167 e. The predicted octanol–water partition coefficient (Wildman–Crippen LogP) is 3.45. The second kappa shape index (κ2) is 9.19. The monoisotopic (exact) mass is 381 g/mol. The third-order valence-electron chi connectivity index (χ3n) is 5.00. The van der Waals surface area contributed by atoms with E-state index in [1.54, 1.807) is 14.2 Å². The zero-order chi connectivity index (χ0) is 17.6. The van der Waals surface area contributed by atoms with E-state index in [2.05, 4.69) is 28.4 Å². The Morgan fingerprint density at radius 2 is 1.84 bits per heavy atom. The summed E-state index contributed by atoms with van der Waals surface area (Å²) >= 11 is 4.11. The Morgan fingerprint density at radius 3 is 2.52 bits per heavy atom. The minimum absolute atomic E-state index is 0.0881. The number of benzene rings is 1. The molecule has 2 fully saturated rings. The molecule has 0 radical (unpaired) electrons. The lowest BCUT2D eigenvalue weighted by Crippen LogP contribution is -2.46. The fraction of sp³-hybridized carbons (Fsp3) is 0.632. The molecule has 0 N–H and O–H groups in total. The lowest BCUT2D eigenvalue weighted by molar-refractivity contribution is 0.0787. The molecule has 0 aromatic heterocycles. The van der Waals surface area contributed by atoms with Crippen molar-refractivity contribution in [3.63, 3.8) is 0 Å². The topological polar surface area (TPSA) is 38.8 Å². The van der Waals surface area contributed by atoms with Crippen LogP contribution in [0.15, 0.2) is 18.2 Å². The molecule has 1 atom stereocenters. The van der Waals surface area contributed by atoms with E-state index in [1.165, 1.54) is 23.0 Å². The largest absolute Gasteiger partial charge is 0.493 e. The van der Waals surface area contributed by atoms with Gasteiger partial charge in [-0.3, -0.25) is 9.69 Å². The number of piperidine rings is 1. The molecule has 0 spiro atoms. The van der Waals surface area contributed by atoms with Crippen LogP contribution in [0, 0.1) is 5.92 Å². The van der Waals surface area contributed by atoms with Crippen LogP contribution in [0.2, 0.25) is 0 Å². The summed E-state index contributed by atoms with van der Waals surface area (Å²) in [7, 11) is 3.22. The highest BCUT2D eigenvalue weighted by molar-refractivity contribution is 8.03. The molecule has 0 amide bonds. The van der Waals surface area contributed by atoms with Crippen molar-refractivity contribution in [2.24, 2.45) is 5.92 Å². The summed E-state index contributed by atoms with van der Waals surface area (Å²) < 4.78 is 10.6. The third-order valence-corrected chi connectivity index (χ3v) is 7.49. The first kappa shape index (κ1) is 18.9. The average Bonchev–Trinajstić information content (AvgIpc) is 2.96. The van der Waals surface area contributed by atoms with Gasteiger partial charge in [-0.1, -0.05) is 0 Å². The molecular weight excluding hydrogens is 354 g/mol. The van der Waals surface area contributed by atoms with E-state index in [4.69, 9.17) is 9.47 Å². The van der Waals surface area contributed by atoms with Crippen LogP contribution in [0.4, 0.5) is 0 Å². The van der Waals surface area contributed by atoms with Gasteiger partial charge in [0.25, 0.3) is 0 Å². The van der Waals surface area contributed by atoms with Crippen LogP contribution in [0.25, 0.3) is 0 Å². The van der Waals surface area contributed by atoms with Crippen LogP contribution < -0.4 is 9.47 Å². The van der Waals surface area contributed by atoms with Gasteiger partial charge in [0, 0.05) is 47.1 Å². The van der Waals surface area contributed by atoms with Crippen molar-refractivity contribution >= 4 is 29.3 Å². The molecule has 25 heavy (non-hydrogen) atoms. The highest BCUT2D eigenvalue weighted by Gasteiger charge is 2.31. The van der Waals surface area contributed by atoms with Crippen LogP contribution in [-0.2, 0) is 0 Å². The number of hydrogen-bond acceptors (Lipinski definition) is 6. The number of methoxy groups -OCH3 is 2. The Kier molecular flexibility index (Phi) is 6.96. The highest BCUT2D eigenvalue weighted by atomic mass is 32.2. The quantitative estimate of drug-likeness (QED) is 0.728. The van der Waals surface area contributed by atoms with Gasteiger partial charge < -0.3 is 9.47 Å². The first-order valence-electron chi connectivity index (χ1n) is 8.88. The standard InChI is InChI=1S/C19H27NO3S2/c1-22-17-6-5-14(10-18(17)23-2)19(21)15-4-3-7-20(11-15)16-12-24-8-9-25-13-16/h5-6,10,15-16H,3-4,7-9,11-13H2,1-2H3/t15-/m1/s1. The van der Waals surface area contributed by atoms with Crippen molar-refractivity contribution in [2.45, 2.75) is 18.9 Å². The molecular formula is C19H27NO3S2. The number of carbonyl (C=O) groups is 1. The van der Waals surface area contributed by atoms with Gasteiger partial charge in [-0.25, -0.2) is 0 Å². The fourth-order valence-electron chi connectivity index (χ4n) is 3.59. The van der Waals surface area contributed by atoms with Crippen LogP contribution in [0.5, 0.6) is 11.5 Å². The number of hydrogen-bond donors (Lipinski definition) is 0. The first-order valence-corrected chi connectivity index (χ1v) is 11.2. The minimum Gasteiger partial charge on any atom is -0.493 e. The van der Waals surface area contributed by atoms with Crippen molar-refractivity contribution in [3.05, 3.63) is 23.8 Å². The summed E-state index contributed by atoms with van der Waals surface area (Å²) in [5, 5.41) is 0. The SMILES string of the molecule is COc1ccc(C(=O)[C@@H]2CCCN(C3CSCCSC3)C2)cc1OC. The van der Waals surface area contributed by atoms with Gasteiger partial charge in [0.15, 0.2) is 17.3 Å². The Labute approximate surface area is 159 Å². The summed E-state index contributed by atoms with van der Waals surface area (Å²) in [5.41, 5.74) is 0.731. The van der Waals surface area contributed by atoms with Gasteiger partial charge >= 0.3 is 0 Å². The van der Waals surface area contributed by atoms with E-state index in [0.29, 0.717) is 17.5 Å². The number of thioether (sulfide) groups is 2. The number of likely N-dealkylation sites (tertiary alicyclic amines) is 1. The van der Waals surface area contributed by atoms with E-state index in [9.17, 15) is 4.79 Å². The highest BCUT2D eigenvalue weighted by Crippen LogP contribution is 2.31. The number of ether oxygens (including phenoxy) is 2. The van der Waals surface area contributed by atoms with E-state index in [0.717, 1.165) is 31.5 Å². The molecule has 1 aromatic rings. The Hall–Kier alpha value is -0.850. The second-order valence-electron chi connectivity index (χ2n) is 6.57. The second-order valence-corrected chi connectivity index (χ2v) is 8.87. The molecule has 2 aliphatic heterocycles. The molecule has 1 aromatic carbocycles. The lowest BCUT2D eigenvalue weighted by Gasteiger charge is -2.37. The maximum atomic E-state index is 13.0. The van der Waals surface area contributed by atoms with E-state index in [1.807, 2.05) is 18.2 Å². The zero-order valence-corrected chi connectivity index (χ0v) is 16.7. The normalized spacial score (nSPS) is 23.0. The van der Waals surface area contributed by atoms with Crippen molar-refractivity contribution in [1.29, 1.82) is 0 Å². The van der Waals surface area contributed by atoms with Crippen molar-refractivity contribution < 1.29 is 14.3 Å². The molecule has 2 aliphatic rings. The molecule has 4 nitrogen and oxygen atoms in total. The molecule has 0 bridgehead atoms. The van der Waals surface area contributed by atoms with Crippen molar-refractivity contribution in [2.75, 3.05) is 50.3 Å². The van der Waals surface area contributed by atoms with Crippen molar-refractivity contribution in [3.8, 4) is 11.5 Å². The summed E-state index contributed by atoms with van der Waals surface area (Å²) in [5.74, 6) is 6.51. The number of Topliss-reactive ketones (excluding diaryl/α,β-unsaturated/α-hetero) is 1. The Morgan fingerprint density at radius 1 is 1.12 bits per heavy atom. The van der Waals surface area contributed by atoms with Crippen molar-refractivity contribution in [1.82, 2.24) is 4.90 Å². The zero-order valence-electron chi connectivity index (χ0n) is 15.0. The van der Waals surface area contributed by atoms with Gasteiger partial charge in [-0.15, -0.1) is 0 Å². The maximum Gasteiger partial charge on any atom is 0.167 e. The molecule has 138 valence electrons. The minimum atomic E-state index is 0.0881. The maximum absolute atomic E-state index is 13.0. The van der Waals surface area contributed by atoms with Gasteiger partial charge in [-0.05, 0) is 37.6 Å². The number of rotatable bonds is 5. The molecule has 2 saturated heterocycles. The Balaban J connectivity index is 1.69.